The molecule has 0 aliphatic rings. The Bertz CT molecular complexity index is 1280. The van der Waals surface area contributed by atoms with E-state index in [2.05, 4.69) is 20.9 Å². The molecule has 1 heterocycles. The maximum absolute atomic E-state index is 13.7. The summed E-state index contributed by atoms with van der Waals surface area (Å²) in [4.78, 5) is 28.7. The number of carbonyl (C=O) groups excluding carboxylic acids is 2. The van der Waals surface area contributed by atoms with Crippen molar-refractivity contribution in [3.8, 4) is 0 Å². The second-order valence-corrected chi connectivity index (χ2v) is 8.82. The summed E-state index contributed by atoms with van der Waals surface area (Å²) in [5.41, 5.74) is 1.87. The fraction of sp³-hybridized carbons (Fsp3) is 0.0455. The molecule has 0 aliphatic carbocycles. The molecule has 0 fully saturated rings. The first-order chi connectivity index (χ1) is 15.5. The van der Waals surface area contributed by atoms with Crippen LogP contribution in [0.1, 0.15) is 0 Å². The Hall–Kier alpha value is -3.50. The first-order valence-corrected chi connectivity index (χ1v) is 11.2. The number of anilines is 3. The molecule has 0 atom stereocenters. The minimum absolute atomic E-state index is 0.0847. The highest BCUT2D eigenvalue weighted by Gasteiger charge is 2.11. The molecule has 0 saturated carbocycles. The molecule has 4 rings (SSSR count). The monoisotopic (exact) mass is 470 g/mol. The highest BCUT2D eigenvalue weighted by atomic mass is 32.2. The van der Waals surface area contributed by atoms with Crippen molar-refractivity contribution in [1.29, 1.82) is 0 Å². The van der Waals surface area contributed by atoms with E-state index < -0.39 is 11.8 Å². The molecule has 4 aromatic rings. The number of nitrogens with zero attached hydrogens (tertiary/aromatic N) is 1. The van der Waals surface area contributed by atoms with Gasteiger partial charge in [0.25, 0.3) is 0 Å². The highest BCUT2D eigenvalue weighted by Crippen LogP contribution is 2.31. The number of halogens is 2. The Kier molecular flexibility index (Phi) is 6.62. The van der Waals surface area contributed by atoms with Gasteiger partial charge in [0.1, 0.15) is 11.6 Å². The van der Waals surface area contributed by atoms with Gasteiger partial charge in [-0.15, -0.1) is 11.3 Å². The Morgan fingerprint density at radius 3 is 2.44 bits per heavy atom. The molecule has 0 radical (unpaired) electrons. The van der Waals surface area contributed by atoms with Gasteiger partial charge < -0.3 is 16.0 Å². The average molecular weight is 471 g/mol. The zero-order chi connectivity index (χ0) is 22.5. The number of para-hydroxylation sites is 1. The molecular weight excluding hydrogens is 454 g/mol. The van der Waals surface area contributed by atoms with Crippen molar-refractivity contribution < 1.29 is 18.4 Å². The van der Waals surface area contributed by atoms with E-state index in [0.29, 0.717) is 15.7 Å². The Morgan fingerprint density at radius 2 is 1.66 bits per heavy atom. The maximum Gasteiger partial charge on any atom is 0.323 e. The maximum atomic E-state index is 13.7. The zero-order valence-corrected chi connectivity index (χ0v) is 18.0. The molecule has 0 aliphatic heterocycles. The molecule has 10 heteroatoms. The number of carbonyl (C=O) groups is 2. The quantitative estimate of drug-likeness (QED) is 0.304. The zero-order valence-electron chi connectivity index (χ0n) is 16.4. The van der Waals surface area contributed by atoms with E-state index in [1.165, 1.54) is 65.6 Å². The predicted octanol–water partition coefficient (Wildman–Crippen LogP) is 5.95. The second-order valence-electron chi connectivity index (χ2n) is 6.56. The van der Waals surface area contributed by atoms with Crippen molar-refractivity contribution >= 4 is 62.3 Å². The minimum Gasteiger partial charge on any atom is -0.325 e. The Morgan fingerprint density at radius 1 is 0.906 bits per heavy atom. The number of hydrogen-bond acceptors (Lipinski definition) is 5. The molecule has 0 unspecified atom stereocenters. The summed E-state index contributed by atoms with van der Waals surface area (Å²) in [6.07, 6.45) is 0. The Balaban J connectivity index is 1.35. The van der Waals surface area contributed by atoms with Crippen molar-refractivity contribution in [2.24, 2.45) is 0 Å². The number of thioether (sulfide) groups is 1. The lowest BCUT2D eigenvalue weighted by atomic mass is 10.3. The number of rotatable bonds is 6. The number of urea groups is 1. The van der Waals surface area contributed by atoms with E-state index in [-0.39, 0.29) is 23.2 Å². The van der Waals surface area contributed by atoms with Crippen molar-refractivity contribution in [2.45, 2.75) is 4.34 Å². The summed E-state index contributed by atoms with van der Waals surface area (Å²) in [5, 5.41) is 7.82. The van der Waals surface area contributed by atoms with Gasteiger partial charge in [-0.2, -0.15) is 0 Å². The van der Waals surface area contributed by atoms with Crippen LogP contribution in [0.25, 0.3) is 10.2 Å². The summed E-state index contributed by atoms with van der Waals surface area (Å²) in [6, 6.07) is 16.1. The van der Waals surface area contributed by atoms with E-state index in [1.54, 1.807) is 24.3 Å². The van der Waals surface area contributed by atoms with Crippen molar-refractivity contribution in [3.63, 3.8) is 0 Å². The number of benzene rings is 3. The lowest BCUT2D eigenvalue weighted by Crippen LogP contribution is -2.19. The van der Waals surface area contributed by atoms with E-state index in [9.17, 15) is 18.4 Å². The number of amides is 3. The molecule has 1 aromatic heterocycles. The molecule has 0 bridgehead atoms. The van der Waals surface area contributed by atoms with Crippen LogP contribution >= 0.6 is 23.1 Å². The van der Waals surface area contributed by atoms with Crippen LogP contribution in [0.5, 0.6) is 0 Å². The van der Waals surface area contributed by atoms with Gasteiger partial charge in [0.2, 0.25) is 5.91 Å². The van der Waals surface area contributed by atoms with Gasteiger partial charge in [0, 0.05) is 11.4 Å². The largest absolute Gasteiger partial charge is 0.325 e. The second kappa shape index (κ2) is 9.75. The van der Waals surface area contributed by atoms with Crippen LogP contribution in [-0.2, 0) is 4.79 Å². The molecule has 0 saturated heterocycles. The van der Waals surface area contributed by atoms with Crippen LogP contribution in [0.15, 0.2) is 71.1 Å². The predicted molar refractivity (Wildman–Crippen MR) is 124 cm³/mol. The normalized spacial score (nSPS) is 10.7. The molecule has 3 amide bonds. The van der Waals surface area contributed by atoms with Crippen LogP contribution in [0.4, 0.5) is 30.6 Å². The van der Waals surface area contributed by atoms with Crippen molar-refractivity contribution in [3.05, 3.63) is 78.4 Å². The molecule has 0 spiro atoms. The number of aromatic nitrogens is 1. The van der Waals surface area contributed by atoms with E-state index >= 15 is 0 Å². The standard InChI is InChI=1S/C22H16F2N4O2S2/c23-13-5-7-14(8-6-13)25-20(29)12-31-22-28-18-10-9-15(11-19(18)32-22)26-21(30)27-17-4-2-1-3-16(17)24/h1-11H,12H2,(H,25,29)(H2,26,27,30). The molecule has 32 heavy (non-hydrogen) atoms. The lowest BCUT2D eigenvalue weighted by molar-refractivity contribution is -0.113. The van der Waals surface area contributed by atoms with E-state index in [0.717, 1.165) is 10.2 Å². The third-order valence-electron chi connectivity index (χ3n) is 4.20. The highest BCUT2D eigenvalue weighted by molar-refractivity contribution is 8.01. The Labute approximate surface area is 190 Å². The van der Waals surface area contributed by atoms with Gasteiger partial charge >= 0.3 is 6.03 Å². The number of thiazole rings is 1. The van der Waals surface area contributed by atoms with Crippen LogP contribution in [-0.4, -0.2) is 22.7 Å². The van der Waals surface area contributed by atoms with Crippen molar-refractivity contribution in [2.75, 3.05) is 21.7 Å². The summed E-state index contributed by atoms with van der Waals surface area (Å²) in [7, 11) is 0. The molecule has 6 nitrogen and oxygen atoms in total. The number of hydrogen-bond donors (Lipinski definition) is 3. The van der Waals surface area contributed by atoms with Crippen LogP contribution in [0.3, 0.4) is 0 Å². The molecule has 3 N–H and O–H groups in total. The number of nitrogens with one attached hydrogen (secondary N) is 3. The SMILES string of the molecule is O=C(CSc1nc2ccc(NC(=O)Nc3ccccc3F)cc2s1)Nc1ccc(F)cc1. The van der Waals surface area contributed by atoms with E-state index in [1.807, 2.05) is 0 Å². The van der Waals surface area contributed by atoms with Gasteiger partial charge in [0.15, 0.2) is 4.34 Å². The smallest absolute Gasteiger partial charge is 0.323 e. The first-order valence-electron chi connectivity index (χ1n) is 9.37. The summed E-state index contributed by atoms with van der Waals surface area (Å²) in [5.74, 6) is -0.975. The fourth-order valence-electron chi connectivity index (χ4n) is 2.75. The van der Waals surface area contributed by atoms with Gasteiger partial charge in [-0.1, -0.05) is 23.9 Å². The summed E-state index contributed by atoms with van der Waals surface area (Å²) in [6.45, 7) is 0. The van der Waals surface area contributed by atoms with Crippen molar-refractivity contribution in [1.82, 2.24) is 4.98 Å². The lowest BCUT2D eigenvalue weighted by Gasteiger charge is -2.08. The average Bonchev–Trinajstić information content (AvgIpc) is 3.18. The molecular formula is C22H16F2N4O2S2. The van der Waals surface area contributed by atoms with Crippen LogP contribution < -0.4 is 16.0 Å². The fourth-order valence-corrected chi connectivity index (χ4v) is 4.66. The third kappa shape index (κ3) is 5.59. The topological polar surface area (TPSA) is 83.1 Å². The van der Waals surface area contributed by atoms with Gasteiger partial charge in [-0.3, -0.25) is 4.79 Å². The van der Waals surface area contributed by atoms with Gasteiger partial charge in [-0.25, -0.2) is 18.6 Å². The van der Waals surface area contributed by atoms with Crippen LogP contribution in [0.2, 0.25) is 0 Å². The van der Waals surface area contributed by atoms with Gasteiger partial charge in [-0.05, 0) is 54.6 Å². The summed E-state index contributed by atoms with van der Waals surface area (Å²) < 4.78 is 28.1. The third-order valence-corrected chi connectivity index (χ3v) is 6.36. The molecule has 162 valence electrons. The minimum atomic E-state index is -0.564. The summed E-state index contributed by atoms with van der Waals surface area (Å²) >= 11 is 2.67. The first kappa shape index (κ1) is 21.7. The number of fused-ring (bicyclic) bond motifs is 1. The van der Waals surface area contributed by atoms with E-state index in [4.69, 9.17) is 0 Å². The molecule has 3 aromatic carbocycles. The van der Waals surface area contributed by atoms with Gasteiger partial charge in [0.05, 0.1) is 21.7 Å². The van der Waals surface area contributed by atoms with Crippen LogP contribution in [0, 0.1) is 11.6 Å².